The Kier molecular flexibility index (Phi) is 6.17. The van der Waals surface area contributed by atoms with Crippen molar-refractivity contribution in [3.8, 4) is 5.75 Å². The van der Waals surface area contributed by atoms with Crippen LogP contribution in [0, 0.1) is 0 Å². The first-order chi connectivity index (χ1) is 10.3. The van der Waals surface area contributed by atoms with Gasteiger partial charge in [0, 0.05) is 7.11 Å². The Morgan fingerprint density at radius 3 is 2.50 bits per heavy atom. The molecule has 0 fully saturated rings. The lowest BCUT2D eigenvalue weighted by molar-refractivity contribution is -0.148. The van der Waals surface area contributed by atoms with E-state index >= 15 is 0 Å². The van der Waals surface area contributed by atoms with Gasteiger partial charge in [0.2, 0.25) is 0 Å². The van der Waals surface area contributed by atoms with E-state index in [1.807, 2.05) is 0 Å². The van der Waals surface area contributed by atoms with Crippen LogP contribution in [0.4, 0.5) is 13.2 Å². The quantitative estimate of drug-likeness (QED) is 0.791. The van der Waals surface area contributed by atoms with Crippen molar-refractivity contribution in [2.75, 3.05) is 20.3 Å². The molecule has 1 atom stereocenters. The van der Waals surface area contributed by atoms with E-state index < -0.39 is 42.1 Å². The molecule has 0 bridgehead atoms. The molecule has 0 heterocycles. The molecule has 1 rings (SSSR count). The first-order valence-electron chi connectivity index (χ1n) is 6.07. The summed E-state index contributed by atoms with van der Waals surface area (Å²) >= 11 is 0. The molecule has 1 aromatic rings. The van der Waals surface area contributed by atoms with Crippen molar-refractivity contribution >= 4 is 11.9 Å². The topological polar surface area (TPSA) is 84.9 Å². The fourth-order valence-corrected chi connectivity index (χ4v) is 1.50. The number of ether oxygens (including phenoxy) is 2. The Balaban J connectivity index is 2.57. The van der Waals surface area contributed by atoms with Crippen LogP contribution < -0.4 is 10.1 Å². The van der Waals surface area contributed by atoms with Crippen LogP contribution >= 0.6 is 0 Å². The monoisotopic (exact) mass is 321 g/mol. The number of methoxy groups -OCH3 is 1. The summed E-state index contributed by atoms with van der Waals surface area (Å²) in [5.41, 5.74) is -0.997. The molecule has 0 aliphatic heterocycles. The molecule has 1 amide bonds. The molecule has 0 saturated heterocycles. The van der Waals surface area contributed by atoms with E-state index in [0.29, 0.717) is 0 Å². The Labute approximate surface area is 123 Å². The fourth-order valence-electron chi connectivity index (χ4n) is 1.50. The highest BCUT2D eigenvalue weighted by molar-refractivity contribution is 5.79. The van der Waals surface area contributed by atoms with Crippen LogP contribution in [0.25, 0.3) is 0 Å². The number of halogens is 3. The van der Waals surface area contributed by atoms with E-state index in [-0.39, 0.29) is 6.54 Å². The third-order valence-corrected chi connectivity index (χ3v) is 2.60. The SMILES string of the molecule is COC(CNC(=O)COc1ccccc1C(F)(F)F)C(=O)O. The number of carboxylic acid groups (broad SMARTS) is 1. The predicted molar refractivity (Wildman–Crippen MR) is 68.4 cm³/mol. The molecule has 0 radical (unpaired) electrons. The van der Waals surface area contributed by atoms with Gasteiger partial charge in [-0.1, -0.05) is 12.1 Å². The number of carbonyl (C=O) groups excluding carboxylic acids is 1. The number of para-hydroxylation sites is 1. The molecule has 0 aliphatic carbocycles. The summed E-state index contributed by atoms with van der Waals surface area (Å²) in [6.45, 7) is -1.00. The average Bonchev–Trinajstić information content (AvgIpc) is 2.44. The summed E-state index contributed by atoms with van der Waals surface area (Å²) in [4.78, 5) is 22.1. The zero-order valence-corrected chi connectivity index (χ0v) is 11.5. The number of aliphatic carboxylic acids is 1. The molecule has 2 N–H and O–H groups in total. The van der Waals surface area contributed by atoms with Crippen molar-refractivity contribution in [3.05, 3.63) is 29.8 Å². The smallest absolute Gasteiger partial charge is 0.419 e. The second-order valence-electron chi connectivity index (χ2n) is 4.15. The van der Waals surface area contributed by atoms with Gasteiger partial charge in [-0.05, 0) is 12.1 Å². The number of hydrogen-bond acceptors (Lipinski definition) is 4. The second-order valence-corrected chi connectivity index (χ2v) is 4.15. The van der Waals surface area contributed by atoms with Crippen LogP contribution in [0.15, 0.2) is 24.3 Å². The van der Waals surface area contributed by atoms with Crippen LogP contribution in [0.2, 0.25) is 0 Å². The lowest BCUT2D eigenvalue weighted by Crippen LogP contribution is -2.39. The van der Waals surface area contributed by atoms with Crippen LogP contribution in [-0.4, -0.2) is 43.3 Å². The molecule has 1 unspecified atom stereocenters. The number of rotatable bonds is 7. The average molecular weight is 321 g/mol. The van der Waals surface area contributed by atoms with Gasteiger partial charge >= 0.3 is 12.1 Å². The zero-order valence-electron chi connectivity index (χ0n) is 11.5. The predicted octanol–water partition coefficient (Wildman–Crippen LogP) is 1.30. The highest BCUT2D eigenvalue weighted by atomic mass is 19.4. The van der Waals surface area contributed by atoms with Crippen LogP contribution in [0.3, 0.4) is 0 Å². The number of hydrogen-bond donors (Lipinski definition) is 2. The van der Waals surface area contributed by atoms with E-state index in [2.05, 4.69) is 10.1 Å². The van der Waals surface area contributed by atoms with Crippen molar-refractivity contribution in [2.24, 2.45) is 0 Å². The van der Waals surface area contributed by atoms with Gasteiger partial charge in [0.1, 0.15) is 5.75 Å². The van der Waals surface area contributed by atoms with Crippen molar-refractivity contribution in [3.63, 3.8) is 0 Å². The summed E-state index contributed by atoms with van der Waals surface area (Å²) in [7, 11) is 1.15. The third kappa shape index (κ3) is 5.24. The summed E-state index contributed by atoms with van der Waals surface area (Å²) in [6, 6.07) is 4.46. The summed E-state index contributed by atoms with van der Waals surface area (Å²) in [6.07, 6.45) is -5.84. The maximum atomic E-state index is 12.7. The van der Waals surface area contributed by atoms with Gasteiger partial charge in [0.05, 0.1) is 12.1 Å². The van der Waals surface area contributed by atoms with Gasteiger partial charge in [-0.15, -0.1) is 0 Å². The van der Waals surface area contributed by atoms with Crippen molar-refractivity contribution in [1.82, 2.24) is 5.32 Å². The first-order valence-corrected chi connectivity index (χ1v) is 6.07. The summed E-state index contributed by atoms with van der Waals surface area (Å²) in [5.74, 6) is -2.52. The minimum atomic E-state index is -4.60. The molecule has 0 aliphatic rings. The minimum absolute atomic E-state index is 0.324. The van der Waals surface area contributed by atoms with E-state index in [0.717, 1.165) is 19.2 Å². The lowest BCUT2D eigenvalue weighted by atomic mass is 10.2. The molecule has 6 nitrogen and oxygen atoms in total. The summed E-state index contributed by atoms with van der Waals surface area (Å²) < 4.78 is 47.5. The minimum Gasteiger partial charge on any atom is -0.483 e. The van der Waals surface area contributed by atoms with Crippen molar-refractivity contribution < 1.29 is 37.3 Å². The standard InChI is InChI=1S/C13H14F3NO5/c1-21-10(12(19)20)6-17-11(18)7-22-9-5-3-2-4-8(9)13(14,15)16/h2-5,10H,6-7H2,1H3,(H,17,18)(H,19,20). The van der Waals surface area contributed by atoms with Crippen LogP contribution in [-0.2, 0) is 20.5 Å². The molecule has 0 aromatic heterocycles. The van der Waals surface area contributed by atoms with Gasteiger partial charge in [-0.25, -0.2) is 4.79 Å². The van der Waals surface area contributed by atoms with Gasteiger partial charge in [-0.2, -0.15) is 13.2 Å². The maximum Gasteiger partial charge on any atom is 0.419 e. The number of nitrogens with one attached hydrogen (secondary N) is 1. The van der Waals surface area contributed by atoms with E-state index in [1.165, 1.54) is 12.1 Å². The second kappa shape index (κ2) is 7.64. The molecular formula is C13H14F3NO5. The lowest BCUT2D eigenvalue weighted by Gasteiger charge is -2.14. The number of carboxylic acids is 1. The van der Waals surface area contributed by atoms with Gasteiger partial charge in [0.25, 0.3) is 5.91 Å². The van der Waals surface area contributed by atoms with Gasteiger partial charge in [-0.3, -0.25) is 4.79 Å². The van der Waals surface area contributed by atoms with E-state index in [4.69, 9.17) is 9.84 Å². The molecule has 0 spiro atoms. The highest BCUT2D eigenvalue weighted by Gasteiger charge is 2.34. The van der Waals surface area contributed by atoms with Crippen LogP contribution in [0.1, 0.15) is 5.56 Å². The Morgan fingerprint density at radius 2 is 1.95 bits per heavy atom. The van der Waals surface area contributed by atoms with Crippen molar-refractivity contribution in [1.29, 1.82) is 0 Å². The normalized spacial score (nSPS) is 12.5. The molecular weight excluding hydrogens is 307 g/mol. The van der Waals surface area contributed by atoms with E-state index in [9.17, 15) is 22.8 Å². The highest BCUT2D eigenvalue weighted by Crippen LogP contribution is 2.35. The Hall–Kier alpha value is -2.29. The molecule has 122 valence electrons. The van der Waals surface area contributed by atoms with Crippen LogP contribution in [0.5, 0.6) is 5.75 Å². The third-order valence-electron chi connectivity index (χ3n) is 2.60. The van der Waals surface area contributed by atoms with E-state index in [1.54, 1.807) is 0 Å². The van der Waals surface area contributed by atoms with Gasteiger partial charge in [0.15, 0.2) is 12.7 Å². The van der Waals surface area contributed by atoms with Gasteiger partial charge < -0.3 is 19.9 Å². The zero-order chi connectivity index (χ0) is 16.8. The maximum absolute atomic E-state index is 12.7. The fraction of sp³-hybridized carbons (Fsp3) is 0.385. The number of carbonyl (C=O) groups is 2. The molecule has 9 heteroatoms. The van der Waals surface area contributed by atoms with Crippen molar-refractivity contribution in [2.45, 2.75) is 12.3 Å². The Bertz CT molecular complexity index is 533. The molecule has 1 aromatic carbocycles. The number of amides is 1. The number of benzene rings is 1. The summed E-state index contributed by atoms with van der Waals surface area (Å²) in [5, 5.41) is 10.9. The number of alkyl halides is 3. The first kappa shape index (κ1) is 17.8. The Morgan fingerprint density at radius 1 is 1.32 bits per heavy atom. The largest absolute Gasteiger partial charge is 0.483 e. The molecule has 0 saturated carbocycles. The molecule has 22 heavy (non-hydrogen) atoms.